The Balaban J connectivity index is 1.86. The van der Waals surface area contributed by atoms with Crippen molar-refractivity contribution < 1.29 is 29.0 Å². The molecular formula is C23H24N2O6. The minimum absolute atomic E-state index is 0.000200. The molecule has 0 aromatic heterocycles. The number of hydrogen-bond donors (Lipinski definition) is 2. The summed E-state index contributed by atoms with van der Waals surface area (Å²) >= 11 is 0. The van der Waals surface area contributed by atoms with E-state index in [0.29, 0.717) is 35.8 Å². The number of phenolic OH excluding ortho intramolecular Hbond substituents is 1. The van der Waals surface area contributed by atoms with Crippen molar-refractivity contribution >= 4 is 23.9 Å². The average molecular weight is 424 g/mol. The first kappa shape index (κ1) is 21.9. The summed E-state index contributed by atoms with van der Waals surface area (Å²) < 4.78 is 11.3. The van der Waals surface area contributed by atoms with Gasteiger partial charge in [0.05, 0.1) is 19.8 Å². The summed E-state index contributed by atoms with van der Waals surface area (Å²) in [6.45, 7) is 4.77. The van der Waals surface area contributed by atoms with Gasteiger partial charge >= 0.3 is 6.03 Å². The molecule has 2 aromatic carbocycles. The topological polar surface area (TPSA) is 105 Å². The zero-order valence-corrected chi connectivity index (χ0v) is 17.4. The highest BCUT2D eigenvalue weighted by Gasteiger charge is 2.35. The van der Waals surface area contributed by atoms with Crippen molar-refractivity contribution in [3.63, 3.8) is 0 Å². The predicted molar refractivity (Wildman–Crippen MR) is 114 cm³/mol. The first-order valence-electron chi connectivity index (χ1n) is 9.99. The van der Waals surface area contributed by atoms with E-state index in [1.54, 1.807) is 30.3 Å². The Labute approximate surface area is 180 Å². The number of nitrogens with zero attached hydrogens (tertiary/aromatic N) is 1. The van der Waals surface area contributed by atoms with Crippen LogP contribution in [0.15, 0.2) is 48.0 Å². The van der Waals surface area contributed by atoms with Gasteiger partial charge in [-0.05, 0) is 54.8 Å². The van der Waals surface area contributed by atoms with E-state index in [2.05, 4.69) is 5.32 Å². The SMILES string of the molecule is CCCOc1ccc(CN2C(=O)NC(=O)/C(=C/c3cccc(O)c3)C2=O)cc1OCC. The molecule has 0 spiro atoms. The van der Waals surface area contributed by atoms with E-state index in [0.717, 1.165) is 11.3 Å². The Morgan fingerprint density at radius 1 is 1.03 bits per heavy atom. The fraction of sp³-hybridized carbons (Fsp3) is 0.261. The number of imide groups is 2. The molecule has 1 aliphatic rings. The van der Waals surface area contributed by atoms with E-state index in [1.165, 1.54) is 18.2 Å². The monoisotopic (exact) mass is 424 g/mol. The highest BCUT2D eigenvalue weighted by molar-refractivity contribution is 6.30. The van der Waals surface area contributed by atoms with Gasteiger partial charge in [0, 0.05) is 0 Å². The van der Waals surface area contributed by atoms with E-state index in [4.69, 9.17) is 9.47 Å². The van der Waals surface area contributed by atoms with E-state index in [9.17, 15) is 19.5 Å². The summed E-state index contributed by atoms with van der Waals surface area (Å²) in [5, 5.41) is 11.8. The van der Waals surface area contributed by atoms with Crippen LogP contribution in [0.25, 0.3) is 6.08 Å². The first-order valence-corrected chi connectivity index (χ1v) is 9.99. The number of barbiturate groups is 1. The van der Waals surface area contributed by atoms with Crippen molar-refractivity contribution in [1.82, 2.24) is 10.2 Å². The van der Waals surface area contributed by atoms with Crippen molar-refractivity contribution in [3.8, 4) is 17.2 Å². The maximum absolute atomic E-state index is 12.9. The fourth-order valence-electron chi connectivity index (χ4n) is 3.05. The number of aromatic hydroxyl groups is 1. The summed E-state index contributed by atoms with van der Waals surface area (Å²) in [6, 6.07) is 10.5. The lowest BCUT2D eigenvalue weighted by Gasteiger charge is -2.26. The number of benzene rings is 2. The molecule has 0 aliphatic carbocycles. The predicted octanol–water partition coefficient (Wildman–Crippen LogP) is 3.24. The average Bonchev–Trinajstić information content (AvgIpc) is 2.74. The fourth-order valence-corrected chi connectivity index (χ4v) is 3.05. The van der Waals surface area contributed by atoms with E-state index in [1.807, 2.05) is 13.8 Å². The summed E-state index contributed by atoms with van der Waals surface area (Å²) in [5.74, 6) is -0.402. The van der Waals surface area contributed by atoms with Crippen molar-refractivity contribution in [3.05, 3.63) is 59.2 Å². The van der Waals surface area contributed by atoms with Crippen LogP contribution in [-0.4, -0.2) is 41.1 Å². The van der Waals surface area contributed by atoms with Gasteiger partial charge < -0.3 is 14.6 Å². The van der Waals surface area contributed by atoms with Crippen LogP contribution >= 0.6 is 0 Å². The molecule has 0 unspecified atom stereocenters. The Hall–Kier alpha value is -3.81. The highest BCUT2D eigenvalue weighted by Crippen LogP contribution is 2.30. The second-order valence-corrected chi connectivity index (χ2v) is 6.87. The maximum atomic E-state index is 12.9. The van der Waals surface area contributed by atoms with Gasteiger partial charge in [-0.2, -0.15) is 0 Å². The van der Waals surface area contributed by atoms with Crippen LogP contribution in [0.1, 0.15) is 31.4 Å². The van der Waals surface area contributed by atoms with Gasteiger partial charge in [-0.1, -0.05) is 25.1 Å². The third-order valence-electron chi connectivity index (χ3n) is 4.48. The standard InChI is InChI=1S/C23H24N2O6/c1-3-10-31-19-9-8-16(13-20(19)30-4-2)14-25-22(28)18(21(27)24-23(25)29)12-15-6-5-7-17(26)11-15/h5-9,11-13,26H,3-4,10,14H2,1-2H3,(H,24,27,29)/b18-12-. The molecule has 8 nitrogen and oxygen atoms in total. The lowest BCUT2D eigenvalue weighted by Crippen LogP contribution is -2.53. The van der Waals surface area contributed by atoms with Crippen LogP contribution in [0.2, 0.25) is 0 Å². The third-order valence-corrected chi connectivity index (χ3v) is 4.48. The Kier molecular flexibility index (Phi) is 6.92. The largest absolute Gasteiger partial charge is 0.508 e. The zero-order valence-electron chi connectivity index (χ0n) is 17.4. The molecule has 4 amide bonds. The Bertz CT molecular complexity index is 1030. The lowest BCUT2D eigenvalue weighted by molar-refractivity contribution is -0.130. The van der Waals surface area contributed by atoms with E-state index >= 15 is 0 Å². The van der Waals surface area contributed by atoms with Gasteiger partial charge in [-0.3, -0.25) is 19.8 Å². The molecule has 8 heteroatoms. The van der Waals surface area contributed by atoms with Crippen LogP contribution in [0, 0.1) is 0 Å². The quantitative estimate of drug-likeness (QED) is 0.498. The number of carbonyl (C=O) groups excluding carboxylic acids is 3. The molecule has 2 aromatic rings. The molecule has 1 fully saturated rings. The molecule has 0 bridgehead atoms. The molecule has 2 N–H and O–H groups in total. The molecule has 0 saturated carbocycles. The molecule has 3 rings (SSSR count). The van der Waals surface area contributed by atoms with Gasteiger partial charge in [0.1, 0.15) is 11.3 Å². The Morgan fingerprint density at radius 2 is 1.84 bits per heavy atom. The number of ether oxygens (including phenoxy) is 2. The van der Waals surface area contributed by atoms with E-state index in [-0.39, 0.29) is 17.9 Å². The molecule has 31 heavy (non-hydrogen) atoms. The summed E-state index contributed by atoms with van der Waals surface area (Å²) in [7, 11) is 0. The number of nitrogens with one attached hydrogen (secondary N) is 1. The van der Waals surface area contributed by atoms with Crippen LogP contribution in [0.5, 0.6) is 17.2 Å². The second-order valence-electron chi connectivity index (χ2n) is 6.87. The van der Waals surface area contributed by atoms with Gasteiger partial charge in [0.25, 0.3) is 11.8 Å². The maximum Gasteiger partial charge on any atom is 0.331 e. The van der Waals surface area contributed by atoms with Gasteiger partial charge in [-0.15, -0.1) is 0 Å². The first-order chi connectivity index (χ1) is 14.9. The lowest BCUT2D eigenvalue weighted by atomic mass is 10.1. The minimum Gasteiger partial charge on any atom is -0.508 e. The minimum atomic E-state index is -0.799. The number of phenols is 1. The molecule has 1 heterocycles. The molecule has 162 valence electrons. The van der Waals surface area contributed by atoms with Crippen LogP contribution in [0.4, 0.5) is 4.79 Å². The van der Waals surface area contributed by atoms with Gasteiger partial charge in [0.2, 0.25) is 0 Å². The van der Waals surface area contributed by atoms with Crippen molar-refractivity contribution in [1.29, 1.82) is 0 Å². The van der Waals surface area contributed by atoms with E-state index < -0.39 is 17.8 Å². The number of rotatable bonds is 8. The molecule has 0 radical (unpaired) electrons. The van der Waals surface area contributed by atoms with Crippen molar-refractivity contribution in [2.24, 2.45) is 0 Å². The number of carbonyl (C=O) groups is 3. The second kappa shape index (κ2) is 9.80. The van der Waals surface area contributed by atoms with Crippen LogP contribution in [0.3, 0.4) is 0 Å². The van der Waals surface area contributed by atoms with Crippen LogP contribution < -0.4 is 14.8 Å². The molecule has 1 saturated heterocycles. The smallest absolute Gasteiger partial charge is 0.331 e. The van der Waals surface area contributed by atoms with Gasteiger partial charge in [-0.25, -0.2) is 4.79 Å². The van der Waals surface area contributed by atoms with Gasteiger partial charge in [0.15, 0.2) is 11.5 Å². The molecule has 0 atom stereocenters. The summed E-state index contributed by atoms with van der Waals surface area (Å²) in [4.78, 5) is 38.4. The Morgan fingerprint density at radius 3 is 2.55 bits per heavy atom. The number of urea groups is 1. The molecule has 1 aliphatic heterocycles. The highest BCUT2D eigenvalue weighted by atomic mass is 16.5. The number of amides is 4. The van der Waals surface area contributed by atoms with Crippen LogP contribution in [-0.2, 0) is 16.1 Å². The third kappa shape index (κ3) is 5.22. The van der Waals surface area contributed by atoms with Crippen molar-refractivity contribution in [2.45, 2.75) is 26.8 Å². The zero-order chi connectivity index (χ0) is 22.4. The molecular weight excluding hydrogens is 400 g/mol. The normalized spacial score (nSPS) is 15.2. The van der Waals surface area contributed by atoms with Crippen molar-refractivity contribution in [2.75, 3.05) is 13.2 Å². The number of hydrogen-bond acceptors (Lipinski definition) is 6. The summed E-state index contributed by atoms with van der Waals surface area (Å²) in [5.41, 5.74) is 0.906. The summed E-state index contributed by atoms with van der Waals surface area (Å²) in [6.07, 6.45) is 2.18.